The summed E-state index contributed by atoms with van der Waals surface area (Å²) >= 11 is 0. The molecule has 0 unspecified atom stereocenters. The Morgan fingerprint density at radius 3 is 2.61 bits per heavy atom. The first-order chi connectivity index (χ1) is 8.69. The summed E-state index contributed by atoms with van der Waals surface area (Å²) in [5.41, 5.74) is 0.429. The van der Waals surface area contributed by atoms with Gasteiger partial charge in [-0.2, -0.15) is 0 Å². The fourth-order valence-corrected chi connectivity index (χ4v) is 1.80. The van der Waals surface area contributed by atoms with Gasteiger partial charge in [0, 0.05) is 31.9 Å². The van der Waals surface area contributed by atoms with Crippen molar-refractivity contribution < 1.29 is 14.0 Å². The molecule has 0 aliphatic carbocycles. The van der Waals surface area contributed by atoms with Crippen molar-refractivity contribution in [2.45, 2.75) is 0 Å². The summed E-state index contributed by atoms with van der Waals surface area (Å²) in [7, 11) is 0. The van der Waals surface area contributed by atoms with Crippen LogP contribution >= 0.6 is 0 Å². The van der Waals surface area contributed by atoms with E-state index >= 15 is 0 Å². The number of hydrogen-bond donors (Lipinski definition) is 1. The molecule has 0 bridgehead atoms. The molecule has 2 rings (SSSR count). The molecule has 5 nitrogen and oxygen atoms in total. The third-order valence-electron chi connectivity index (χ3n) is 2.83. The van der Waals surface area contributed by atoms with Crippen molar-refractivity contribution in [3.8, 4) is 0 Å². The summed E-state index contributed by atoms with van der Waals surface area (Å²) in [4.78, 5) is 25.6. The molecule has 6 heteroatoms. The van der Waals surface area contributed by atoms with E-state index in [1.165, 1.54) is 18.2 Å². The summed E-state index contributed by atoms with van der Waals surface area (Å²) in [5.74, 6) is -0.390. The van der Waals surface area contributed by atoms with Gasteiger partial charge in [0.15, 0.2) is 0 Å². The molecule has 1 N–H and O–H groups in total. The Balaban J connectivity index is 1.91. The minimum atomic E-state index is -0.390. The Labute approximate surface area is 104 Å². The lowest BCUT2D eigenvalue weighted by molar-refractivity contribution is -0.119. The molecule has 0 radical (unpaired) electrons. The highest BCUT2D eigenvalue weighted by molar-refractivity contribution is 5.89. The van der Waals surface area contributed by atoms with Crippen molar-refractivity contribution in [1.82, 2.24) is 9.80 Å². The number of carbonyl (C=O) groups is 2. The van der Waals surface area contributed by atoms with E-state index in [0.29, 0.717) is 31.9 Å². The van der Waals surface area contributed by atoms with Crippen LogP contribution in [0, 0.1) is 5.82 Å². The smallest absolute Gasteiger partial charge is 0.321 e. The number of benzene rings is 1. The van der Waals surface area contributed by atoms with Crippen LogP contribution in [0.5, 0.6) is 0 Å². The van der Waals surface area contributed by atoms with Gasteiger partial charge in [-0.1, -0.05) is 6.07 Å². The summed E-state index contributed by atoms with van der Waals surface area (Å²) in [6.07, 6.45) is 0.780. The van der Waals surface area contributed by atoms with Crippen LogP contribution in [0.2, 0.25) is 0 Å². The Morgan fingerprint density at radius 2 is 2.00 bits per heavy atom. The van der Waals surface area contributed by atoms with Crippen LogP contribution in [0.4, 0.5) is 14.9 Å². The molecule has 1 fully saturated rings. The monoisotopic (exact) mass is 251 g/mol. The fraction of sp³-hybridized carbons (Fsp3) is 0.333. The summed E-state index contributed by atoms with van der Waals surface area (Å²) < 4.78 is 12.9. The van der Waals surface area contributed by atoms with Crippen molar-refractivity contribution in [3.63, 3.8) is 0 Å². The number of piperazine rings is 1. The lowest BCUT2D eigenvalue weighted by Gasteiger charge is -2.32. The molecule has 1 saturated heterocycles. The number of rotatable bonds is 2. The zero-order valence-electron chi connectivity index (χ0n) is 9.80. The molecule has 0 atom stereocenters. The molecule has 1 aliphatic rings. The van der Waals surface area contributed by atoms with Gasteiger partial charge in [0.2, 0.25) is 6.41 Å². The Bertz CT molecular complexity index is 445. The van der Waals surface area contributed by atoms with E-state index in [2.05, 4.69) is 5.32 Å². The third kappa shape index (κ3) is 2.97. The number of carbonyl (C=O) groups excluding carboxylic acids is 2. The van der Waals surface area contributed by atoms with Crippen LogP contribution in [0.3, 0.4) is 0 Å². The van der Waals surface area contributed by atoms with Gasteiger partial charge in [-0.25, -0.2) is 9.18 Å². The van der Waals surface area contributed by atoms with Crippen molar-refractivity contribution in [1.29, 1.82) is 0 Å². The highest BCUT2D eigenvalue weighted by Gasteiger charge is 2.19. The first-order valence-corrected chi connectivity index (χ1v) is 5.70. The van der Waals surface area contributed by atoms with Crippen LogP contribution < -0.4 is 5.32 Å². The van der Waals surface area contributed by atoms with Gasteiger partial charge in [0.25, 0.3) is 0 Å². The minimum absolute atomic E-state index is 0.272. The lowest BCUT2D eigenvalue weighted by Crippen LogP contribution is -2.49. The topological polar surface area (TPSA) is 52.7 Å². The predicted octanol–water partition coefficient (Wildman–Crippen LogP) is 1.13. The SMILES string of the molecule is O=CN1CCN(C(=O)Nc2cccc(F)c2)CC1. The number of nitrogens with zero attached hydrogens (tertiary/aromatic N) is 2. The van der Waals surface area contributed by atoms with E-state index in [-0.39, 0.29) is 6.03 Å². The second-order valence-electron chi connectivity index (χ2n) is 4.07. The molecule has 1 aliphatic heterocycles. The molecule has 1 heterocycles. The summed E-state index contributed by atoms with van der Waals surface area (Å²) in [6.45, 7) is 2.03. The second kappa shape index (κ2) is 5.48. The molecule has 18 heavy (non-hydrogen) atoms. The van der Waals surface area contributed by atoms with Gasteiger partial charge in [0.1, 0.15) is 5.82 Å². The Hall–Kier alpha value is -2.11. The number of amides is 3. The molecule has 0 aromatic heterocycles. The highest BCUT2D eigenvalue weighted by atomic mass is 19.1. The van der Waals surface area contributed by atoms with Crippen molar-refractivity contribution in [3.05, 3.63) is 30.1 Å². The largest absolute Gasteiger partial charge is 0.342 e. The summed E-state index contributed by atoms with van der Waals surface area (Å²) in [6, 6.07) is 5.47. The van der Waals surface area contributed by atoms with Crippen LogP contribution in [-0.2, 0) is 4.79 Å². The van der Waals surface area contributed by atoms with E-state index in [4.69, 9.17) is 0 Å². The first-order valence-electron chi connectivity index (χ1n) is 5.70. The van der Waals surface area contributed by atoms with Gasteiger partial charge >= 0.3 is 6.03 Å². The maximum atomic E-state index is 12.9. The van der Waals surface area contributed by atoms with Crippen LogP contribution in [0.15, 0.2) is 24.3 Å². The molecule has 1 aromatic carbocycles. The molecule has 1 aromatic rings. The van der Waals surface area contributed by atoms with Gasteiger partial charge in [-0.15, -0.1) is 0 Å². The van der Waals surface area contributed by atoms with E-state index in [1.807, 2.05) is 0 Å². The first kappa shape index (κ1) is 12.3. The second-order valence-corrected chi connectivity index (χ2v) is 4.07. The fourth-order valence-electron chi connectivity index (χ4n) is 1.80. The quantitative estimate of drug-likeness (QED) is 0.801. The number of halogens is 1. The maximum absolute atomic E-state index is 12.9. The average Bonchev–Trinajstić information content (AvgIpc) is 2.39. The van der Waals surface area contributed by atoms with Crippen LogP contribution in [0.1, 0.15) is 0 Å². The minimum Gasteiger partial charge on any atom is -0.342 e. The normalized spacial score (nSPS) is 15.4. The zero-order valence-corrected chi connectivity index (χ0v) is 9.80. The molecule has 0 spiro atoms. The standard InChI is InChI=1S/C12H14FN3O2/c13-10-2-1-3-11(8-10)14-12(18)16-6-4-15(9-17)5-7-16/h1-3,8-9H,4-7H2,(H,14,18). The Kier molecular flexibility index (Phi) is 3.76. The van der Waals surface area contributed by atoms with Crippen LogP contribution in [-0.4, -0.2) is 48.4 Å². The summed E-state index contributed by atoms with van der Waals surface area (Å²) in [5, 5.41) is 2.63. The van der Waals surface area contributed by atoms with E-state index in [9.17, 15) is 14.0 Å². The maximum Gasteiger partial charge on any atom is 0.321 e. The molecular weight excluding hydrogens is 237 g/mol. The van der Waals surface area contributed by atoms with E-state index < -0.39 is 5.82 Å². The highest BCUT2D eigenvalue weighted by Crippen LogP contribution is 2.10. The number of urea groups is 1. The van der Waals surface area contributed by atoms with Crippen LogP contribution in [0.25, 0.3) is 0 Å². The van der Waals surface area contributed by atoms with Crippen molar-refractivity contribution in [2.75, 3.05) is 31.5 Å². The predicted molar refractivity (Wildman–Crippen MR) is 64.6 cm³/mol. The Morgan fingerprint density at radius 1 is 1.28 bits per heavy atom. The average molecular weight is 251 g/mol. The van der Waals surface area contributed by atoms with E-state index in [0.717, 1.165) is 6.41 Å². The van der Waals surface area contributed by atoms with Crippen molar-refractivity contribution >= 4 is 18.1 Å². The van der Waals surface area contributed by atoms with E-state index in [1.54, 1.807) is 15.9 Å². The van der Waals surface area contributed by atoms with Gasteiger partial charge < -0.3 is 15.1 Å². The van der Waals surface area contributed by atoms with Gasteiger partial charge in [-0.3, -0.25) is 4.79 Å². The number of anilines is 1. The molecule has 96 valence electrons. The molecule has 0 saturated carbocycles. The third-order valence-corrected chi connectivity index (χ3v) is 2.83. The van der Waals surface area contributed by atoms with Crippen molar-refractivity contribution in [2.24, 2.45) is 0 Å². The molecular formula is C12H14FN3O2. The zero-order chi connectivity index (χ0) is 13.0. The van der Waals surface area contributed by atoms with Gasteiger partial charge in [0.05, 0.1) is 0 Å². The number of nitrogens with one attached hydrogen (secondary N) is 1. The lowest BCUT2D eigenvalue weighted by atomic mass is 10.3. The molecule has 3 amide bonds. The van der Waals surface area contributed by atoms with Gasteiger partial charge in [-0.05, 0) is 18.2 Å². The number of hydrogen-bond acceptors (Lipinski definition) is 2.